The molecule has 3 aromatic rings. The first-order chi connectivity index (χ1) is 13.1. The monoisotopic (exact) mass is 380 g/mol. The van der Waals surface area contributed by atoms with Crippen molar-refractivity contribution in [3.05, 3.63) is 52.9 Å². The molecular formula is C22H24N2O2S. The summed E-state index contributed by atoms with van der Waals surface area (Å²) in [5.41, 5.74) is 4.25. The first kappa shape index (κ1) is 18.1. The fraction of sp³-hybridized carbons (Fsp3) is 0.364. The maximum absolute atomic E-state index is 12.3. The molecule has 1 atom stereocenters. The van der Waals surface area contributed by atoms with E-state index in [4.69, 9.17) is 9.72 Å². The number of hydrogen-bond acceptors (Lipinski definition) is 4. The fourth-order valence-electron chi connectivity index (χ4n) is 3.61. The van der Waals surface area contributed by atoms with Crippen molar-refractivity contribution in [3.8, 4) is 10.6 Å². The average molecular weight is 381 g/mol. The van der Waals surface area contributed by atoms with Gasteiger partial charge in [-0.2, -0.15) is 0 Å². The van der Waals surface area contributed by atoms with Crippen molar-refractivity contribution in [2.75, 3.05) is 13.2 Å². The van der Waals surface area contributed by atoms with Crippen LogP contribution >= 0.6 is 11.3 Å². The van der Waals surface area contributed by atoms with Crippen molar-refractivity contribution >= 4 is 28.1 Å². The molecule has 0 radical (unpaired) electrons. The molecule has 4 rings (SSSR count). The van der Waals surface area contributed by atoms with E-state index in [1.807, 2.05) is 11.0 Å². The van der Waals surface area contributed by atoms with Crippen LogP contribution < -0.4 is 0 Å². The maximum Gasteiger partial charge on any atom is 0.219 e. The van der Waals surface area contributed by atoms with Crippen LogP contribution in [0.15, 0.2) is 41.8 Å². The van der Waals surface area contributed by atoms with E-state index in [1.54, 1.807) is 18.3 Å². The Kier molecular flexibility index (Phi) is 5.23. The lowest BCUT2D eigenvalue weighted by atomic mass is 10.1. The molecule has 1 aliphatic rings. The van der Waals surface area contributed by atoms with Crippen LogP contribution in [0.4, 0.5) is 0 Å². The second kappa shape index (κ2) is 7.79. The molecular weight excluding hydrogens is 356 g/mol. The summed E-state index contributed by atoms with van der Waals surface area (Å²) in [5, 5.41) is 3.17. The highest BCUT2D eigenvalue weighted by Crippen LogP contribution is 2.30. The standard InChI is InChI=1S/C22H24N2O2S/c1-15-7-8-17-12-18(13-24(16(2)25)14-19-5-3-9-26-19)22(23-20(17)11-15)21-6-4-10-27-21/h4,6-8,10-12,19H,3,5,9,13-14H2,1-2H3/t19-/m0/s1. The Morgan fingerprint density at radius 1 is 1.33 bits per heavy atom. The molecule has 140 valence electrons. The van der Waals surface area contributed by atoms with E-state index in [2.05, 4.69) is 42.6 Å². The molecule has 0 saturated carbocycles. The van der Waals surface area contributed by atoms with Crippen LogP contribution in [0.5, 0.6) is 0 Å². The average Bonchev–Trinajstić information content (AvgIpc) is 3.34. The lowest BCUT2D eigenvalue weighted by Gasteiger charge is -2.25. The summed E-state index contributed by atoms with van der Waals surface area (Å²) in [6, 6.07) is 12.6. The Hall–Kier alpha value is -2.24. The minimum atomic E-state index is 0.0756. The van der Waals surface area contributed by atoms with Gasteiger partial charge in [0.05, 0.1) is 22.2 Å². The van der Waals surface area contributed by atoms with Crippen molar-refractivity contribution < 1.29 is 9.53 Å². The summed E-state index contributed by atoms with van der Waals surface area (Å²) >= 11 is 1.68. The summed E-state index contributed by atoms with van der Waals surface area (Å²) in [6.45, 7) is 5.72. The van der Waals surface area contributed by atoms with Crippen LogP contribution in [0.1, 0.15) is 30.9 Å². The van der Waals surface area contributed by atoms with Gasteiger partial charge in [-0.3, -0.25) is 4.79 Å². The predicted octanol–water partition coefficient (Wildman–Crippen LogP) is 4.80. The lowest BCUT2D eigenvalue weighted by molar-refractivity contribution is -0.131. The highest BCUT2D eigenvalue weighted by atomic mass is 32.1. The quantitative estimate of drug-likeness (QED) is 0.638. The number of hydrogen-bond donors (Lipinski definition) is 0. The van der Waals surface area contributed by atoms with E-state index in [-0.39, 0.29) is 12.0 Å². The van der Waals surface area contributed by atoms with Gasteiger partial charge < -0.3 is 9.64 Å². The minimum Gasteiger partial charge on any atom is -0.376 e. The molecule has 0 unspecified atom stereocenters. The van der Waals surface area contributed by atoms with Crippen molar-refractivity contribution in [1.29, 1.82) is 0 Å². The van der Waals surface area contributed by atoms with Crippen LogP contribution in [0.25, 0.3) is 21.5 Å². The first-order valence-electron chi connectivity index (χ1n) is 9.41. The molecule has 27 heavy (non-hydrogen) atoms. The number of thiophene rings is 1. The van der Waals surface area contributed by atoms with Gasteiger partial charge in [0.2, 0.25) is 5.91 Å². The Labute approximate surface area is 163 Å². The largest absolute Gasteiger partial charge is 0.376 e. The van der Waals surface area contributed by atoms with Gasteiger partial charge in [-0.1, -0.05) is 18.2 Å². The number of aryl methyl sites for hydroxylation is 1. The molecule has 1 aliphatic heterocycles. The number of carbonyl (C=O) groups excluding carboxylic acids is 1. The SMILES string of the molecule is CC(=O)N(Cc1cc2ccc(C)cc2nc1-c1cccs1)C[C@@H]1CCCO1. The normalized spacial score (nSPS) is 16.7. The Morgan fingerprint density at radius 2 is 2.22 bits per heavy atom. The highest BCUT2D eigenvalue weighted by Gasteiger charge is 2.22. The summed E-state index contributed by atoms with van der Waals surface area (Å²) in [4.78, 5) is 20.3. The van der Waals surface area contributed by atoms with E-state index >= 15 is 0 Å². The molecule has 2 aromatic heterocycles. The zero-order valence-corrected chi connectivity index (χ0v) is 16.6. The number of fused-ring (bicyclic) bond motifs is 1. The first-order valence-corrected chi connectivity index (χ1v) is 10.3. The molecule has 0 spiro atoms. The van der Waals surface area contributed by atoms with E-state index < -0.39 is 0 Å². The van der Waals surface area contributed by atoms with Crippen LogP contribution in [0.2, 0.25) is 0 Å². The zero-order valence-electron chi connectivity index (χ0n) is 15.8. The molecule has 1 fully saturated rings. The van der Waals surface area contributed by atoms with Crippen LogP contribution in [0, 0.1) is 6.92 Å². The van der Waals surface area contributed by atoms with E-state index in [0.29, 0.717) is 13.1 Å². The lowest BCUT2D eigenvalue weighted by Crippen LogP contribution is -2.35. The van der Waals surface area contributed by atoms with Gasteiger partial charge in [0, 0.05) is 32.0 Å². The molecule has 0 aliphatic carbocycles. The van der Waals surface area contributed by atoms with Crippen molar-refractivity contribution in [1.82, 2.24) is 9.88 Å². The molecule has 5 heteroatoms. The Balaban J connectivity index is 1.72. The number of carbonyl (C=O) groups is 1. The molecule has 1 amide bonds. The zero-order chi connectivity index (χ0) is 18.8. The summed E-state index contributed by atoms with van der Waals surface area (Å²) in [7, 11) is 0. The molecule has 1 saturated heterocycles. The van der Waals surface area contributed by atoms with Gasteiger partial charge in [0.15, 0.2) is 0 Å². The van der Waals surface area contributed by atoms with Crippen LogP contribution in [-0.2, 0) is 16.1 Å². The summed E-state index contributed by atoms with van der Waals surface area (Å²) in [5.74, 6) is 0.0756. The number of pyridine rings is 1. The van der Waals surface area contributed by atoms with E-state index in [0.717, 1.165) is 46.5 Å². The minimum absolute atomic E-state index is 0.0756. The number of amides is 1. The highest BCUT2D eigenvalue weighted by molar-refractivity contribution is 7.13. The number of benzene rings is 1. The maximum atomic E-state index is 12.3. The van der Waals surface area contributed by atoms with Gasteiger partial charge in [0.1, 0.15) is 0 Å². The third-order valence-corrected chi connectivity index (χ3v) is 5.94. The third-order valence-electron chi connectivity index (χ3n) is 5.06. The molecule has 4 nitrogen and oxygen atoms in total. The third kappa shape index (κ3) is 4.04. The van der Waals surface area contributed by atoms with Gasteiger partial charge in [0.25, 0.3) is 0 Å². The molecule has 0 N–H and O–H groups in total. The van der Waals surface area contributed by atoms with Gasteiger partial charge in [-0.15, -0.1) is 11.3 Å². The van der Waals surface area contributed by atoms with Crippen molar-refractivity contribution in [3.63, 3.8) is 0 Å². The van der Waals surface area contributed by atoms with Gasteiger partial charge >= 0.3 is 0 Å². The second-order valence-corrected chi connectivity index (χ2v) is 8.15. The Bertz CT molecular complexity index is 946. The Morgan fingerprint density at radius 3 is 2.93 bits per heavy atom. The number of rotatable bonds is 5. The number of aromatic nitrogens is 1. The van der Waals surface area contributed by atoms with E-state index in [9.17, 15) is 4.79 Å². The van der Waals surface area contributed by atoms with Crippen molar-refractivity contribution in [2.24, 2.45) is 0 Å². The molecule has 0 bridgehead atoms. The predicted molar refractivity (Wildman–Crippen MR) is 110 cm³/mol. The topological polar surface area (TPSA) is 42.4 Å². The smallest absolute Gasteiger partial charge is 0.219 e. The van der Waals surface area contributed by atoms with Crippen LogP contribution in [0.3, 0.4) is 0 Å². The summed E-state index contributed by atoms with van der Waals surface area (Å²) in [6.07, 6.45) is 2.25. The molecule has 1 aromatic carbocycles. The van der Waals surface area contributed by atoms with Gasteiger partial charge in [-0.25, -0.2) is 4.98 Å². The number of ether oxygens (including phenoxy) is 1. The van der Waals surface area contributed by atoms with Crippen LogP contribution in [-0.4, -0.2) is 35.0 Å². The van der Waals surface area contributed by atoms with Crippen molar-refractivity contribution in [2.45, 2.75) is 39.3 Å². The fourth-order valence-corrected chi connectivity index (χ4v) is 4.36. The van der Waals surface area contributed by atoms with Gasteiger partial charge in [-0.05, 0) is 54.5 Å². The summed E-state index contributed by atoms with van der Waals surface area (Å²) < 4.78 is 5.75. The number of nitrogens with zero attached hydrogens (tertiary/aromatic N) is 2. The van der Waals surface area contributed by atoms with E-state index in [1.165, 1.54) is 5.56 Å². The second-order valence-electron chi connectivity index (χ2n) is 7.20. The molecule has 3 heterocycles.